The lowest BCUT2D eigenvalue weighted by Gasteiger charge is -2.24. The number of hydrogen-bond donors (Lipinski definition) is 1. The molecule has 0 saturated carbocycles. The first-order valence-corrected chi connectivity index (χ1v) is 8.66. The van der Waals surface area contributed by atoms with E-state index in [4.69, 9.17) is 0 Å². The largest absolute Gasteiger partial charge is 0.317 e. The van der Waals surface area contributed by atoms with Crippen molar-refractivity contribution in [1.82, 2.24) is 18.9 Å². The third-order valence-electron chi connectivity index (χ3n) is 3.27. The third kappa shape index (κ3) is 6.09. The molecular weight excluding hydrogens is 288 g/mol. The summed E-state index contributed by atoms with van der Waals surface area (Å²) in [5.74, 6) is 0. The van der Waals surface area contributed by atoms with E-state index >= 15 is 0 Å². The third-order valence-corrected chi connectivity index (χ3v) is 5.21. The van der Waals surface area contributed by atoms with E-state index in [0.717, 1.165) is 25.2 Å². The van der Waals surface area contributed by atoms with E-state index < -0.39 is 10.2 Å². The van der Waals surface area contributed by atoms with Gasteiger partial charge in [-0.05, 0) is 31.6 Å². The van der Waals surface area contributed by atoms with Gasteiger partial charge in [0.25, 0.3) is 10.2 Å². The number of likely N-dealkylation sites (N-methyl/N-ethyl adjacent to an activating group) is 1. The van der Waals surface area contributed by atoms with E-state index in [-0.39, 0.29) is 0 Å². The Hall–Kier alpha value is -1.02. The Kier molecular flexibility index (Phi) is 7.81. The minimum absolute atomic E-state index is 0.427. The zero-order chi connectivity index (χ0) is 15.7. The van der Waals surface area contributed by atoms with Gasteiger partial charge in [-0.2, -0.15) is 17.0 Å². The first kappa shape index (κ1) is 18.0. The van der Waals surface area contributed by atoms with Crippen molar-refractivity contribution >= 4 is 10.2 Å². The fourth-order valence-corrected chi connectivity index (χ4v) is 3.05. The highest BCUT2D eigenvalue weighted by Crippen LogP contribution is 2.06. The fourth-order valence-electron chi connectivity index (χ4n) is 1.89. The average molecular weight is 314 g/mol. The molecule has 7 heteroatoms. The molecule has 6 nitrogen and oxygen atoms in total. The molecule has 1 heterocycles. The molecule has 120 valence electrons. The van der Waals surface area contributed by atoms with Crippen molar-refractivity contribution in [2.24, 2.45) is 0 Å². The molecule has 0 amide bonds. The summed E-state index contributed by atoms with van der Waals surface area (Å²) in [6, 6.07) is 5.66. The molecule has 1 aromatic rings. The molecule has 0 aromatic carbocycles. The summed E-state index contributed by atoms with van der Waals surface area (Å²) >= 11 is 0. The summed E-state index contributed by atoms with van der Waals surface area (Å²) in [6.07, 6.45) is 3.14. The maximum absolute atomic E-state index is 12.3. The molecule has 1 aromatic heterocycles. The predicted octanol–water partition coefficient (Wildman–Crippen LogP) is 0.732. The lowest BCUT2D eigenvalue weighted by Crippen LogP contribution is -2.41. The van der Waals surface area contributed by atoms with E-state index in [9.17, 15) is 8.42 Å². The molecule has 0 radical (unpaired) electrons. The van der Waals surface area contributed by atoms with Crippen molar-refractivity contribution in [1.29, 1.82) is 0 Å². The van der Waals surface area contributed by atoms with Crippen LogP contribution < -0.4 is 5.32 Å². The SMILES string of the molecule is CCNCCCN(C)S(=O)(=O)N(C)CCc1ccccn1. The lowest BCUT2D eigenvalue weighted by atomic mass is 10.3. The molecule has 0 spiro atoms. The molecule has 21 heavy (non-hydrogen) atoms. The molecule has 0 atom stereocenters. The lowest BCUT2D eigenvalue weighted by molar-refractivity contribution is 0.388. The van der Waals surface area contributed by atoms with Gasteiger partial charge in [0.1, 0.15) is 0 Å². The zero-order valence-electron chi connectivity index (χ0n) is 13.1. The molecule has 0 aliphatic carbocycles. The molecule has 0 saturated heterocycles. The van der Waals surface area contributed by atoms with Crippen LogP contribution >= 0.6 is 0 Å². The Balaban J connectivity index is 2.44. The standard InChI is InChI=1S/C14H26N4O2S/c1-4-15-10-7-12-17(2)21(19,20)18(3)13-9-14-8-5-6-11-16-14/h5-6,8,11,15H,4,7,9-10,12-13H2,1-3H3. The topological polar surface area (TPSA) is 65.5 Å². The number of aromatic nitrogens is 1. The number of hydrogen-bond acceptors (Lipinski definition) is 4. The maximum Gasteiger partial charge on any atom is 0.281 e. The molecule has 0 unspecified atom stereocenters. The van der Waals surface area contributed by atoms with Gasteiger partial charge in [-0.3, -0.25) is 4.98 Å². The van der Waals surface area contributed by atoms with Crippen molar-refractivity contribution in [3.63, 3.8) is 0 Å². The Morgan fingerprint density at radius 1 is 1.19 bits per heavy atom. The summed E-state index contributed by atoms with van der Waals surface area (Å²) in [5.41, 5.74) is 0.898. The monoisotopic (exact) mass is 314 g/mol. The van der Waals surface area contributed by atoms with E-state index in [1.165, 1.54) is 8.61 Å². The van der Waals surface area contributed by atoms with Gasteiger partial charge in [0.2, 0.25) is 0 Å². The number of pyridine rings is 1. The van der Waals surface area contributed by atoms with Crippen LogP contribution in [0.3, 0.4) is 0 Å². The number of rotatable bonds is 10. The summed E-state index contributed by atoms with van der Waals surface area (Å²) < 4.78 is 27.4. The first-order valence-electron chi connectivity index (χ1n) is 7.26. The van der Waals surface area contributed by atoms with Gasteiger partial charge in [0.05, 0.1) is 0 Å². The highest BCUT2D eigenvalue weighted by molar-refractivity contribution is 7.86. The van der Waals surface area contributed by atoms with Gasteiger partial charge in [0, 0.05) is 45.5 Å². The second-order valence-corrected chi connectivity index (χ2v) is 7.07. The Bertz CT molecular complexity index is 493. The van der Waals surface area contributed by atoms with Crippen LogP contribution in [0.5, 0.6) is 0 Å². The van der Waals surface area contributed by atoms with Gasteiger partial charge in [-0.25, -0.2) is 0 Å². The quantitative estimate of drug-likeness (QED) is 0.647. The van der Waals surface area contributed by atoms with Crippen LogP contribution in [0.15, 0.2) is 24.4 Å². The summed E-state index contributed by atoms with van der Waals surface area (Å²) in [4.78, 5) is 4.20. The van der Waals surface area contributed by atoms with Crippen molar-refractivity contribution < 1.29 is 8.42 Å². The molecule has 1 rings (SSSR count). The normalized spacial score (nSPS) is 12.2. The van der Waals surface area contributed by atoms with E-state index in [2.05, 4.69) is 10.3 Å². The van der Waals surface area contributed by atoms with Crippen LogP contribution in [0, 0.1) is 0 Å². The van der Waals surface area contributed by atoms with E-state index in [1.54, 1.807) is 20.3 Å². The molecular formula is C14H26N4O2S. The second kappa shape index (κ2) is 9.09. The van der Waals surface area contributed by atoms with Gasteiger partial charge in [0.15, 0.2) is 0 Å². The number of nitrogens with one attached hydrogen (secondary N) is 1. The average Bonchev–Trinajstić information content (AvgIpc) is 2.49. The molecule has 0 bridgehead atoms. The Morgan fingerprint density at radius 3 is 2.52 bits per heavy atom. The van der Waals surface area contributed by atoms with Gasteiger partial charge >= 0.3 is 0 Å². The smallest absolute Gasteiger partial charge is 0.281 e. The zero-order valence-corrected chi connectivity index (χ0v) is 13.9. The van der Waals surface area contributed by atoms with E-state index in [0.29, 0.717) is 19.5 Å². The van der Waals surface area contributed by atoms with Crippen LogP contribution in [0.4, 0.5) is 0 Å². The maximum atomic E-state index is 12.3. The van der Waals surface area contributed by atoms with Crippen molar-refractivity contribution in [3.05, 3.63) is 30.1 Å². The summed E-state index contributed by atoms with van der Waals surface area (Å²) in [6.45, 7) is 4.71. The fraction of sp³-hybridized carbons (Fsp3) is 0.643. The highest BCUT2D eigenvalue weighted by atomic mass is 32.2. The first-order chi connectivity index (χ1) is 9.98. The van der Waals surface area contributed by atoms with Crippen molar-refractivity contribution in [2.45, 2.75) is 19.8 Å². The summed E-state index contributed by atoms with van der Waals surface area (Å²) in [7, 11) is -0.151. The Labute approximate surface area is 128 Å². The predicted molar refractivity (Wildman–Crippen MR) is 85.3 cm³/mol. The van der Waals surface area contributed by atoms with E-state index in [1.807, 2.05) is 25.1 Å². The van der Waals surface area contributed by atoms with Crippen LogP contribution in [0.25, 0.3) is 0 Å². The molecule has 0 aliphatic heterocycles. The van der Waals surface area contributed by atoms with Crippen LogP contribution in [-0.2, 0) is 16.6 Å². The van der Waals surface area contributed by atoms with Crippen LogP contribution in [-0.4, -0.2) is 62.3 Å². The minimum atomic E-state index is -3.39. The second-order valence-electron chi connectivity index (χ2n) is 4.93. The van der Waals surface area contributed by atoms with Gasteiger partial charge in [-0.15, -0.1) is 0 Å². The molecule has 0 fully saturated rings. The highest BCUT2D eigenvalue weighted by Gasteiger charge is 2.22. The van der Waals surface area contributed by atoms with Gasteiger partial charge < -0.3 is 5.32 Å². The molecule has 0 aliphatic rings. The summed E-state index contributed by atoms with van der Waals surface area (Å²) in [5, 5.41) is 3.19. The Morgan fingerprint density at radius 2 is 1.90 bits per heavy atom. The minimum Gasteiger partial charge on any atom is -0.317 e. The number of nitrogens with zero attached hydrogens (tertiary/aromatic N) is 3. The van der Waals surface area contributed by atoms with Crippen molar-refractivity contribution in [2.75, 3.05) is 40.3 Å². The van der Waals surface area contributed by atoms with Crippen LogP contribution in [0.2, 0.25) is 0 Å². The van der Waals surface area contributed by atoms with Crippen LogP contribution in [0.1, 0.15) is 19.0 Å². The van der Waals surface area contributed by atoms with Crippen molar-refractivity contribution in [3.8, 4) is 0 Å². The molecule has 1 N–H and O–H groups in total. The van der Waals surface area contributed by atoms with Gasteiger partial charge in [-0.1, -0.05) is 13.0 Å².